The van der Waals surface area contributed by atoms with Crippen LogP contribution >= 0.6 is 0 Å². The summed E-state index contributed by atoms with van der Waals surface area (Å²) in [6.07, 6.45) is 3.76. The van der Waals surface area contributed by atoms with E-state index in [1.807, 2.05) is 36.7 Å². The Bertz CT molecular complexity index is 744. The number of hydrogen-bond acceptors (Lipinski definition) is 6. The molecule has 0 spiro atoms. The molecule has 1 aromatic carbocycles. The number of benzene rings is 1. The van der Waals surface area contributed by atoms with Crippen LogP contribution < -0.4 is 24.1 Å². The number of anilines is 1. The van der Waals surface area contributed by atoms with E-state index in [0.29, 0.717) is 17.2 Å². The second-order valence-electron chi connectivity index (χ2n) is 5.88. The summed E-state index contributed by atoms with van der Waals surface area (Å²) in [4.78, 5) is 5.60. The number of nitrogens with one attached hydrogen (secondary N) is 1. The van der Waals surface area contributed by atoms with Gasteiger partial charge >= 0.3 is 0 Å². The molecule has 1 aliphatic heterocycles. The molecular formula is C19H25N4O3+. The summed E-state index contributed by atoms with van der Waals surface area (Å²) in [5.41, 5.74) is 0.851. The lowest BCUT2D eigenvalue weighted by Gasteiger charge is -2.28. The first-order chi connectivity index (χ1) is 12.7. The maximum Gasteiger partial charge on any atom is 0.274 e. The first-order valence-electron chi connectivity index (χ1n) is 8.55. The van der Waals surface area contributed by atoms with Gasteiger partial charge in [-0.25, -0.2) is 4.98 Å². The van der Waals surface area contributed by atoms with Crippen LogP contribution in [0.3, 0.4) is 0 Å². The van der Waals surface area contributed by atoms with Crippen LogP contribution in [0, 0.1) is 0 Å². The summed E-state index contributed by atoms with van der Waals surface area (Å²) < 4.78 is 16.1. The molecule has 1 aromatic heterocycles. The molecule has 0 aliphatic carbocycles. The third-order valence-corrected chi connectivity index (χ3v) is 4.39. The fourth-order valence-electron chi connectivity index (χ4n) is 2.93. The van der Waals surface area contributed by atoms with Gasteiger partial charge in [0.25, 0.3) is 5.82 Å². The number of rotatable bonds is 6. The average Bonchev–Trinajstić information content (AvgIpc) is 2.72. The summed E-state index contributed by atoms with van der Waals surface area (Å²) in [5, 5.41) is 6.68. The fraction of sp³-hybridized carbons (Fsp3) is 0.368. The fourth-order valence-corrected chi connectivity index (χ4v) is 2.93. The van der Waals surface area contributed by atoms with E-state index < -0.39 is 0 Å². The van der Waals surface area contributed by atoms with E-state index in [0.717, 1.165) is 37.6 Å². The van der Waals surface area contributed by atoms with E-state index in [4.69, 9.17) is 14.2 Å². The Balaban J connectivity index is 1.67. The number of ether oxygens (including phenoxy) is 3. The van der Waals surface area contributed by atoms with Gasteiger partial charge in [0.1, 0.15) is 18.8 Å². The maximum absolute atomic E-state index is 5.44. The second-order valence-corrected chi connectivity index (χ2v) is 5.88. The van der Waals surface area contributed by atoms with Crippen molar-refractivity contribution in [2.24, 2.45) is 5.10 Å². The predicted molar refractivity (Wildman–Crippen MR) is 100 cm³/mol. The average molecular weight is 357 g/mol. The topological polar surface area (TPSA) is 60.7 Å². The van der Waals surface area contributed by atoms with Crippen molar-refractivity contribution in [3.8, 4) is 17.2 Å². The van der Waals surface area contributed by atoms with Crippen LogP contribution in [-0.4, -0.2) is 58.7 Å². The summed E-state index contributed by atoms with van der Waals surface area (Å²) in [7, 11) is 4.85. The zero-order chi connectivity index (χ0) is 18.4. The van der Waals surface area contributed by atoms with E-state index in [1.54, 1.807) is 21.3 Å². The van der Waals surface area contributed by atoms with Gasteiger partial charge in [0.2, 0.25) is 0 Å². The van der Waals surface area contributed by atoms with E-state index in [2.05, 4.69) is 26.1 Å². The third kappa shape index (κ3) is 3.99. The number of nitrogens with zero attached hydrogens (tertiary/aromatic N) is 3. The normalized spacial score (nSPS) is 14.6. The van der Waals surface area contributed by atoms with Crippen LogP contribution in [0.2, 0.25) is 0 Å². The van der Waals surface area contributed by atoms with Crippen LogP contribution in [0.5, 0.6) is 17.2 Å². The molecule has 1 aliphatic rings. The van der Waals surface area contributed by atoms with Crippen molar-refractivity contribution < 1.29 is 19.2 Å². The Kier molecular flexibility index (Phi) is 5.78. The molecule has 1 N–H and O–H groups in total. The van der Waals surface area contributed by atoms with Crippen molar-refractivity contribution in [2.45, 2.75) is 0 Å². The number of methoxy groups -OCH3 is 3. The minimum absolute atomic E-state index is 0.634. The zero-order valence-electron chi connectivity index (χ0n) is 15.4. The lowest BCUT2D eigenvalue weighted by Crippen LogP contribution is -2.45. The minimum atomic E-state index is 0.634. The molecule has 0 saturated carbocycles. The number of aromatic amines is 1. The summed E-state index contributed by atoms with van der Waals surface area (Å²) in [6.45, 7) is 3.55. The van der Waals surface area contributed by atoms with Gasteiger partial charge in [-0.05, 0) is 12.1 Å². The van der Waals surface area contributed by atoms with Crippen molar-refractivity contribution >= 4 is 12.0 Å². The number of hydrazone groups is 1. The van der Waals surface area contributed by atoms with Crippen LogP contribution in [0.1, 0.15) is 5.56 Å². The molecule has 7 heteroatoms. The van der Waals surface area contributed by atoms with Crippen LogP contribution in [0.25, 0.3) is 0 Å². The molecule has 0 bridgehead atoms. The molecule has 3 rings (SSSR count). The molecule has 0 atom stereocenters. The van der Waals surface area contributed by atoms with Gasteiger partial charge in [-0.3, -0.25) is 9.91 Å². The molecule has 138 valence electrons. The summed E-state index contributed by atoms with van der Waals surface area (Å²) in [6, 6.07) is 9.80. The van der Waals surface area contributed by atoms with Gasteiger partial charge in [0.15, 0.2) is 11.5 Å². The van der Waals surface area contributed by atoms with E-state index >= 15 is 0 Å². The van der Waals surface area contributed by atoms with Gasteiger partial charge in [0, 0.05) is 17.7 Å². The first-order valence-corrected chi connectivity index (χ1v) is 8.55. The van der Waals surface area contributed by atoms with Gasteiger partial charge in [-0.1, -0.05) is 6.07 Å². The van der Waals surface area contributed by atoms with Crippen molar-refractivity contribution in [3.63, 3.8) is 0 Å². The zero-order valence-corrected chi connectivity index (χ0v) is 15.4. The predicted octanol–water partition coefficient (Wildman–Crippen LogP) is 1.68. The number of H-pyrrole nitrogens is 1. The highest BCUT2D eigenvalue weighted by atomic mass is 16.5. The Hall–Kier alpha value is -2.96. The lowest BCUT2D eigenvalue weighted by atomic mass is 10.2. The van der Waals surface area contributed by atoms with Crippen molar-refractivity contribution in [1.82, 2.24) is 5.01 Å². The van der Waals surface area contributed by atoms with Crippen molar-refractivity contribution in [2.75, 3.05) is 52.4 Å². The van der Waals surface area contributed by atoms with Crippen molar-refractivity contribution in [3.05, 3.63) is 42.1 Å². The highest BCUT2D eigenvalue weighted by Crippen LogP contribution is 2.33. The van der Waals surface area contributed by atoms with Gasteiger partial charge < -0.3 is 14.2 Å². The highest BCUT2D eigenvalue weighted by molar-refractivity contribution is 5.85. The molecule has 2 heterocycles. The number of pyridine rings is 1. The van der Waals surface area contributed by atoms with Gasteiger partial charge in [-0.2, -0.15) is 5.10 Å². The molecule has 1 fully saturated rings. The van der Waals surface area contributed by atoms with E-state index in [9.17, 15) is 0 Å². The molecular weight excluding hydrogens is 332 g/mol. The van der Waals surface area contributed by atoms with E-state index in [-0.39, 0.29) is 0 Å². The largest absolute Gasteiger partial charge is 0.496 e. The van der Waals surface area contributed by atoms with E-state index in [1.165, 1.54) is 0 Å². The molecule has 1 saturated heterocycles. The number of piperazine rings is 1. The third-order valence-electron chi connectivity index (χ3n) is 4.39. The molecule has 0 radical (unpaired) electrons. The van der Waals surface area contributed by atoms with Crippen LogP contribution in [0.15, 0.2) is 41.6 Å². The lowest BCUT2D eigenvalue weighted by molar-refractivity contribution is -0.364. The second kappa shape index (κ2) is 8.42. The SMILES string of the molecule is COc1cc(OC)c(OC)cc1/C=N/N1CCN(c2cccc[nH+]2)CC1. The smallest absolute Gasteiger partial charge is 0.274 e. The van der Waals surface area contributed by atoms with Crippen LogP contribution in [0.4, 0.5) is 5.82 Å². The van der Waals surface area contributed by atoms with Crippen molar-refractivity contribution in [1.29, 1.82) is 0 Å². The monoisotopic (exact) mass is 357 g/mol. The molecule has 7 nitrogen and oxygen atoms in total. The Labute approximate surface area is 153 Å². The Morgan fingerprint density at radius 1 is 0.923 bits per heavy atom. The standard InChI is InChI=1S/C19H24N4O3/c1-24-16-13-18(26-3)17(25-2)12-15(16)14-21-23-10-8-22(9-11-23)19-6-4-5-7-20-19/h4-7,12-14H,8-11H2,1-3H3/p+1/b21-14+. The molecule has 0 amide bonds. The Morgan fingerprint density at radius 3 is 2.23 bits per heavy atom. The highest BCUT2D eigenvalue weighted by Gasteiger charge is 2.22. The molecule has 0 unspecified atom stereocenters. The van der Waals surface area contributed by atoms with Gasteiger partial charge in [-0.15, -0.1) is 0 Å². The number of hydrogen-bond donors (Lipinski definition) is 0. The summed E-state index contributed by atoms with van der Waals surface area (Å²) in [5.74, 6) is 3.12. The Morgan fingerprint density at radius 2 is 1.62 bits per heavy atom. The first kappa shape index (κ1) is 17.8. The maximum atomic E-state index is 5.44. The quantitative estimate of drug-likeness (QED) is 0.736. The minimum Gasteiger partial charge on any atom is -0.496 e. The molecule has 26 heavy (non-hydrogen) atoms. The number of aromatic nitrogens is 1. The summed E-state index contributed by atoms with van der Waals surface area (Å²) >= 11 is 0. The van der Waals surface area contributed by atoms with Crippen LogP contribution in [-0.2, 0) is 0 Å². The van der Waals surface area contributed by atoms with Gasteiger partial charge in [0.05, 0.1) is 46.8 Å². The molecule has 2 aromatic rings.